The predicted molar refractivity (Wildman–Crippen MR) is 69.1 cm³/mol. The number of carboxylic acids is 1. The molecule has 5 nitrogen and oxygen atoms in total. The summed E-state index contributed by atoms with van der Waals surface area (Å²) in [5.74, 6) is -1.21. The van der Waals surface area contributed by atoms with Gasteiger partial charge in [-0.1, -0.05) is 32.6 Å². The van der Waals surface area contributed by atoms with Gasteiger partial charge in [0.25, 0.3) is 0 Å². The standard InChI is InChI=1S/C13H24N2O3/c1-2-6-10(12(17)18)15-11(16)9-13(14)7-4-3-5-8-13/h10H,2-9,14H2,1H3,(H,15,16)(H,17,18). The van der Waals surface area contributed by atoms with Gasteiger partial charge in [0, 0.05) is 12.0 Å². The summed E-state index contributed by atoms with van der Waals surface area (Å²) in [5, 5.41) is 11.5. The number of carbonyl (C=O) groups excluding carboxylic acids is 1. The van der Waals surface area contributed by atoms with Crippen molar-refractivity contribution >= 4 is 11.9 Å². The van der Waals surface area contributed by atoms with E-state index in [-0.39, 0.29) is 12.3 Å². The maximum absolute atomic E-state index is 11.9. The van der Waals surface area contributed by atoms with Gasteiger partial charge in [-0.15, -0.1) is 0 Å². The lowest BCUT2D eigenvalue weighted by Crippen LogP contribution is -2.49. The first kappa shape index (κ1) is 15.0. The zero-order valence-corrected chi connectivity index (χ0v) is 11.1. The van der Waals surface area contributed by atoms with Gasteiger partial charge in [-0.25, -0.2) is 4.79 Å². The zero-order chi connectivity index (χ0) is 13.6. The first-order chi connectivity index (χ1) is 8.47. The summed E-state index contributed by atoms with van der Waals surface area (Å²) in [6, 6.07) is -0.783. The van der Waals surface area contributed by atoms with Crippen LogP contribution in [0.3, 0.4) is 0 Å². The number of amides is 1. The van der Waals surface area contributed by atoms with E-state index in [1.54, 1.807) is 0 Å². The van der Waals surface area contributed by atoms with Crippen molar-refractivity contribution < 1.29 is 14.7 Å². The van der Waals surface area contributed by atoms with Crippen molar-refractivity contribution in [1.29, 1.82) is 0 Å². The highest BCUT2D eigenvalue weighted by atomic mass is 16.4. The Morgan fingerprint density at radius 2 is 1.94 bits per heavy atom. The molecule has 18 heavy (non-hydrogen) atoms. The number of aliphatic carboxylic acids is 1. The number of rotatable bonds is 6. The fourth-order valence-electron chi connectivity index (χ4n) is 2.54. The highest BCUT2D eigenvalue weighted by Crippen LogP contribution is 2.28. The van der Waals surface area contributed by atoms with Crippen LogP contribution in [-0.2, 0) is 9.59 Å². The van der Waals surface area contributed by atoms with E-state index in [9.17, 15) is 9.59 Å². The maximum atomic E-state index is 11.9. The second kappa shape index (κ2) is 6.73. The molecule has 1 fully saturated rings. The van der Waals surface area contributed by atoms with E-state index in [4.69, 9.17) is 10.8 Å². The van der Waals surface area contributed by atoms with Gasteiger partial charge >= 0.3 is 5.97 Å². The zero-order valence-electron chi connectivity index (χ0n) is 11.1. The van der Waals surface area contributed by atoms with Crippen molar-refractivity contribution in [3.8, 4) is 0 Å². The van der Waals surface area contributed by atoms with Crippen molar-refractivity contribution in [3.05, 3.63) is 0 Å². The lowest BCUT2D eigenvalue weighted by atomic mass is 9.80. The fraction of sp³-hybridized carbons (Fsp3) is 0.846. The third-order valence-corrected chi connectivity index (χ3v) is 3.57. The van der Waals surface area contributed by atoms with Crippen LogP contribution in [0.2, 0.25) is 0 Å². The molecular weight excluding hydrogens is 232 g/mol. The van der Waals surface area contributed by atoms with E-state index in [2.05, 4.69) is 5.32 Å². The third-order valence-electron chi connectivity index (χ3n) is 3.57. The fourth-order valence-corrected chi connectivity index (χ4v) is 2.54. The molecule has 1 atom stereocenters. The average molecular weight is 256 g/mol. The van der Waals surface area contributed by atoms with Crippen LogP contribution in [0.15, 0.2) is 0 Å². The number of hydrogen-bond donors (Lipinski definition) is 3. The van der Waals surface area contributed by atoms with Gasteiger partial charge in [-0.2, -0.15) is 0 Å². The van der Waals surface area contributed by atoms with Gasteiger partial charge in [-0.3, -0.25) is 4.79 Å². The van der Waals surface area contributed by atoms with Crippen molar-refractivity contribution in [2.24, 2.45) is 5.73 Å². The van der Waals surface area contributed by atoms with Gasteiger partial charge in [0.1, 0.15) is 6.04 Å². The molecule has 0 bridgehead atoms. The molecule has 0 aromatic rings. The first-order valence-corrected chi connectivity index (χ1v) is 6.78. The summed E-state index contributed by atoms with van der Waals surface area (Å²) in [6.07, 6.45) is 6.42. The van der Waals surface area contributed by atoms with Crippen LogP contribution in [0.1, 0.15) is 58.3 Å². The minimum Gasteiger partial charge on any atom is -0.480 e. The van der Waals surface area contributed by atoms with E-state index in [0.29, 0.717) is 6.42 Å². The van der Waals surface area contributed by atoms with Crippen molar-refractivity contribution in [2.45, 2.75) is 69.9 Å². The minimum absolute atomic E-state index is 0.236. The smallest absolute Gasteiger partial charge is 0.326 e. The van der Waals surface area contributed by atoms with E-state index in [0.717, 1.165) is 32.1 Å². The first-order valence-electron chi connectivity index (χ1n) is 6.78. The van der Waals surface area contributed by atoms with Crippen molar-refractivity contribution in [3.63, 3.8) is 0 Å². The molecule has 1 aliphatic rings. The Morgan fingerprint density at radius 3 is 2.44 bits per heavy atom. The molecule has 1 amide bonds. The number of carbonyl (C=O) groups is 2. The molecule has 0 aromatic heterocycles. The molecule has 0 heterocycles. The molecule has 1 rings (SSSR count). The molecule has 5 heteroatoms. The predicted octanol–water partition coefficient (Wildman–Crippen LogP) is 1.41. The Balaban J connectivity index is 2.46. The van der Waals surface area contributed by atoms with Crippen LogP contribution in [0.25, 0.3) is 0 Å². The number of nitrogens with two attached hydrogens (primary N) is 1. The Labute approximate surface area is 108 Å². The van der Waals surface area contributed by atoms with Gasteiger partial charge in [0.05, 0.1) is 0 Å². The lowest BCUT2D eigenvalue weighted by molar-refractivity contribution is -0.142. The summed E-state index contributed by atoms with van der Waals surface area (Å²) in [6.45, 7) is 1.90. The normalized spacial score (nSPS) is 20.1. The minimum atomic E-state index is -0.972. The molecule has 104 valence electrons. The highest BCUT2D eigenvalue weighted by Gasteiger charge is 2.31. The third kappa shape index (κ3) is 4.64. The molecule has 1 unspecified atom stereocenters. The SMILES string of the molecule is CCCC(NC(=O)CC1(N)CCCCC1)C(=O)O. The molecule has 0 aliphatic heterocycles. The highest BCUT2D eigenvalue weighted by molar-refractivity contribution is 5.84. The Bertz CT molecular complexity index is 299. The molecule has 4 N–H and O–H groups in total. The van der Waals surface area contributed by atoms with Crippen LogP contribution in [0.5, 0.6) is 0 Å². The number of nitrogens with one attached hydrogen (secondary N) is 1. The number of carboxylic acid groups (broad SMARTS) is 1. The van der Waals surface area contributed by atoms with E-state index in [1.165, 1.54) is 6.42 Å². The van der Waals surface area contributed by atoms with Crippen molar-refractivity contribution in [2.75, 3.05) is 0 Å². The summed E-state index contributed by atoms with van der Waals surface area (Å²) in [7, 11) is 0. The van der Waals surface area contributed by atoms with Crippen LogP contribution >= 0.6 is 0 Å². The van der Waals surface area contributed by atoms with E-state index in [1.807, 2.05) is 6.92 Å². The largest absolute Gasteiger partial charge is 0.480 e. The van der Waals surface area contributed by atoms with Gasteiger partial charge in [0.15, 0.2) is 0 Å². The Morgan fingerprint density at radius 1 is 1.33 bits per heavy atom. The van der Waals surface area contributed by atoms with E-state index >= 15 is 0 Å². The molecular formula is C13H24N2O3. The average Bonchev–Trinajstić information content (AvgIpc) is 2.28. The Hall–Kier alpha value is -1.10. The number of hydrogen-bond acceptors (Lipinski definition) is 3. The summed E-state index contributed by atoms with van der Waals surface area (Å²) < 4.78 is 0. The van der Waals surface area contributed by atoms with Crippen LogP contribution < -0.4 is 11.1 Å². The maximum Gasteiger partial charge on any atom is 0.326 e. The molecule has 0 spiro atoms. The summed E-state index contributed by atoms with van der Waals surface area (Å²) in [4.78, 5) is 22.8. The summed E-state index contributed by atoms with van der Waals surface area (Å²) in [5.41, 5.74) is 5.74. The second-order valence-electron chi connectivity index (χ2n) is 5.35. The van der Waals surface area contributed by atoms with Gasteiger partial charge in [0.2, 0.25) is 5.91 Å². The quantitative estimate of drug-likeness (QED) is 0.670. The van der Waals surface area contributed by atoms with Crippen LogP contribution in [0.4, 0.5) is 0 Å². The molecule has 0 radical (unpaired) electrons. The molecule has 0 saturated heterocycles. The van der Waals surface area contributed by atoms with E-state index < -0.39 is 17.6 Å². The lowest BCUT2D eigenvalue weighted by Gasteiger charge is -2.33. The van der Waals surface area contributed by atoms with Gasteiger partial charge in [-0.05, 0) is 19.3 Å². The summed E-state index contributed by atoms with van der Waals surface area (Å²) >= 11 is 0. The molecule has 1 aliphatic carbocycles. The van der Waals surface area contributed by atoms with Crippen LogP contribution in [-0.4, -0.2) is 28.6 Å². The Kier molecular flexibility index (Phi) is 5.59. The van der Waals surface area contributed by atoms with Crippen molar-refractivity contribution in [1.82, 2.24) is 5.32 Å². The van der Waals surface area contributed by atoms with Crippen LogP contribution in [0, 0.1) is 0 Å². The topological polar surface area (TPSA) is 92.4 Å². The second-order valence-corrected chi connectivity index (χ2v) is 5.35. The van der Waals surface area contributed by atoms with Gasteiger partial charge < -0.3 is 16.2 Å². The monoisotopic (exact) mass is 256 g/mol. The molecule has 0 aromatic carbocycles. The molecule has 1 saturated carbocycles.